The molecule has 1 aromatic carbocycles. The molecule has 1 atom stereocenters. The Kier molecular flexibility index (Phi) is 7.86. The number of anilines is 1. The summed E-state index contributed by atoms with van der Waals surface area (Å²) in [6.45, 7) is 2.29. The van der Waals surface area contributed by atoms with Gasteiger partial charge in [-0.3, -0.25) is 9.59 Å². The zero-order valence-corrected chi connectivity index (χ0v) is 16.9. The van der Waals surface area contributed by atoms with Gasteiger partial charge in [-0.05, 0) is 63.9 Å². The maximum Gasteiger partial charge on any atom is 0.253 e. The summed E-state index contributed by atoms with van der Waals surface area (Å²) in [6, 6.07) is 7.77. The lowest BCUT2D eigenvalue weighted by atomic mass is 9.94. The highest BCUT2D eigenvalue weighted by atomic mass is 16.5. The molecule has 1 heterocycles. The van der Waals surface area contributed by atoms with Crippen molar-refractivity contribution in [2.75, 3.05) is 32.1 Å². The highest BCUT2D eigenvalue weighted by molar-refractivity contribution is 5.98. The lowest BCUT2D eigenvalue weighted by Crippen LogP contribution is -2.35. The van der Waals surface area contributed by atoms with Crippen molar-refractivity contribution < 1.29 is 14.3 Å². The molecule has 2 N–H and O–H groups in total. The van der Waals surface area contributed by atoms with Gasteiger partial charge in [0.15, 0.2) is 0 Å². The SMILES string of the molecule is CN(CCCNC(=O)c1cccc(NC(=O)C2CCCO2)c1)C1CCCCC1. The van der Waals surface area contributed by atoms with Gasteiger partial charge in [0.05, 0.1) is 0 Å². The minimum Gasteiger partial charge on any atom is -0.368 e. The number of ether oxygens (including phenoxy) is 1. The zero-order valence-electron chi connectivity index (χ0n) is 16.9. The summed E-state index contributed by atoms with van der Waals surface area (Å²) >= 11 is 0. The first-order chi connectivity index (χ1) is 13.6. The van der Waals surface area contributed by atoms with E-state index in [1.165, 1.54) is 32.1 Å². The molecule has 3 rings (SSSR count). The highest BCUT2D eigenvalue weighted by Gasteiger charge is 2.23. The Morgan fingerprint density at radius 2 is 1.96 bits per heavy atom. The van der Waals surface area contributed by atoms with Gasteiger partial charge in [-0.2, -0.15) is 0 Å². The van der Waals surface area contributed by atoms with Crippen molar-refractivity contribution in [3.8, 4) is 0 Å². The van der Waals surface area contributed by atoms with Gasteiger partial charge in [0.2, 0.25) is 0 Å². The average molecular weight is 388 g/mol. The summed E-state index contributed by atoms with van der Waals surface area (Å²) in [4.78, 5) is 27.0. The Morgan fingerprint density at radius 3 is 2.71 bits per heavy atom. The van der Waals surface area contributed by atoms with Crippen LogP contribution in [0, 0.1) is 0 Å². The van der Waals surface area contributed by atoms with E-state index in [0.717, 1.165) is 25.8 Å². The molecular formula is C22H33N3O3. The van der Waals surface area contributed by atoms with Crippen molar-refractivity contribution in [1.29, 1.82) is 0 Å². The van der Waals surface area contributed by atoms with Gasteiger partial charge >= 0.3 is 0 Å². The Hall–Kier alpha value is -1.92. The smallest absolute Gasteiger partial charge is 0.253 e. The van der Waals surface area contributed by atoms with Gasteiger partial charge in [-0.15, -0.1) is 0 Å². The van der Waals surface area contributed by atoms with Crippen molar-refractivity contribution in [1.82, 2.24) is 10.2 Å². The molecule has 0 radical (unpaired) electrons. The van der Waals surface area contributed by atoms with Crippen LogP contribution in [0.1, 0.15) is 61.7 Å². The van der Waals surface area contributed by atoms with Gasteiger partial charge in [0.1, 0.15) is 6.10 Å². The second-order valence-corrected chi connectivity index (χ2v) is 7.95. The predicted molar refractivity (Wildman–Crippen MR) is 110 cm³/mol. The first-order valence-corrected chi connectivity index (χ1v) is 10.6. The number of amides is 2. The average Bonchev–Trinajstić information content (AvgIpc) is 3.27. The van der Waals surface area contributed by atoms with Crippen molar-refractivity contribution in [2.45, 2.75) is 63.5 Å². The number of benzene rings is 1. The number of carbonyl (C=O) groups is 2. The summed E-state index contributed by atoms with van der Waals surface area (Å²) in [7, 11) is 2.19. The fourth-order valence-corrected chi connectivity index (χ4v) is 4.08. The molecule has 1 unspecified atom stereocenters. The van der Waals surface area contributed by atoms with Crippen LogP contribution >= 0.6 is 0 Å². The summed E-state index contributed by atoms with van der Waals surface area (Å²) in [5.41, 5.74) is 1.19. The summed E-state index contributed by atoms with van der Waals surface area (Å²) in [5, 5.41) is 5.84. The van der Waals surface area contributed by atoms with E-state index in [0.29, 0.717) is 30.4 Å². The molecule has 6 heteroatoms. The van der Waals surface area contributed by atoms with E-state index in [4.69, 9.17) is 4.74 Å². The predicted octanol–water partition coefficient (Wildman–Crippen LogP) is 3.19. The lowest BCUT2D eigenvalue weighted by molar-refractivity contribution is -0.124. The quantitative estimate of drug-likeness (QED) is 0.672. The van der Waals surface area contributed by atoms with Crippen LogP contribution < -0.4 is 10.6 Å². The van der Waals surface area contributed by atoms with E-state index in [1.54, 1.807) is 24.3 Å². The van der Waals surface area contributed by atoms with E-state index >= 15 is 0 Å². The minimum atomic E-state index is -0.376. The van der Waals surface area contributed by atoms with Crippen LogP contribution in [0.4, 0.5) is 5.69 Å². The Labute approximate surface area is 168 Å². The molecule has 2 fully saturated rings. The van der Waals surface area contributed by atoms with Gasteiger partial charge in [0.25, 0.3) is 11.8 Å². The third-order valence-electron chi connectivity index (χ3n) is 5.79. The summed E-state index contributed by atoms with van der Waals surface area (Å²) in [5.74, 6) is -0.241. The van der Waals surface area contributed by atoms with E-state index in [1.807, 2.05) is 0 Å². The second-order valence-electron chi connectivity index (χ2n) is 7.95. The van der Waals surface area contributed by atoms with Crippen molar-refractivity contribution in [3.05, 3.63) is 29.8 Å². The van der Waals surface area contributed by atoms with Gasteiger partial charge in [0, 0.05) is 30.4 Å². The maximum absolute atomic E-state index is 12.4. The molecule has 1 aliphatic heterocycles. The Morgan fingerprint density at radius 1 is 1.14 bits per heavy atom. The number of hydrogen-bond acceptors (Lipinski definition) is 4. The molecule has 6 nitrogen and oxygen atoms in total. The Balaban J connectivity index is 1.40. The molecule has 1 saturated heterocycles. The maximum atomic E-state index is 12.4. The third-order valence-corrected chi connectivity index (χ3v) is 5.79. The van der Waals surface area contributed by atoms with Gasteiger partial charge in [-0.1, -0.05) is 25.3 Å². The van der Waals surface area contributed by atoms with Crippen LogP contribution in [0.3, 0.4) is 0 Å². The molecule has 0 spiro atoms. The number of nitrogens with zero attached hydrogens (tertiary/aromatic N) is 1. The largest absolute Gasteiger partial charge is 0.368 e. The molecule has 0 aromatic heterocycles. The highest BCUT2D eigenvalue weighted by Crippen LogP contribution is 2.21. The molecular weight excluding hydrogens is 354 g/mol. The fourth-order valence-electron chi connectivity index (χ4n) is 4.08. The van der Waals surface area contributed by atoms with E-state index in [-0.39, 0.29) is 17.9 Å². The topological polar surface area (TPSA) is 70.7 Å². The number of hydrogen-bond donors (Lipinski definition) is 2. The van der Waals surface area contributed by atoms with Crippen LogP contribution in [-0.4, -0.2) is 55.6 Å². The first-order valence-electron chi connectivity index (χ1n) is 10.6. The fraction of sp³-hybridized carbons (Fsp3) is 0.636. The molecule has 1 aliphatic carbocycles. The monoisotopic (exact) mass is 387 g/mol. The van der Waals surface area contributed by atoms with Gasteiger partial charge in [-0.25, -0.2) is 0 Å². The van der Waals surface area contributed by atoms with Crippen molar-refractivity contribution in [3.63, 3.8) is 0 Å². The van der Waals surface area contributed by atoms with E-state index in [9.17, 15) is 9.59 Å². The molecule has 28 heavy (non-hydrogen) atoms. The van der Waals surface area contributed by atoms with Crippen molar-refractivity contribution >= 4 is 17.5 Å². The zero-order chi connectivity index (χ0) is 19.8. The van der Waals surface area contributed by atoms with Crippen LogP contribution in [-0.2, 0) is 9.53 Å². The van der Waals surface area contributed by atoms with Crippen LogP contribution in [0.15, 0.2) is 24.3 Å². The molecule has 2 amide bonds. The Bertz CT molecular complexity index is 652. The minimum absolute atomic E-state index is 0.103. The molecule has 1 saturated carbocycles. The van der Waals surface area contributed by atoms with Crippen LogP contribution in [0.25, 0.3) is 0 Å². The summed E-state index contributed by atoms with van der Waals surface area (Å²) < 4.78 is 5.40. The number of carbonyl (C=O) groups excluding carboxylic acids is 2. The number of nitrogens with one attached hydrogen (secondary N) is 2. The molecule has 154 valence electrons. The number of rotatable bonds is 8. The van der Waals surface area contributed by atoms with E-state index < -0.39 is 0 Å². The molecule has 2 aliphatic rings. The molecule has 1 aromatic rings. The third kappa shape index (κ3) is 6.04. The van der Waals surface area contributed by atoms with Crippen LogP contribution in [0.2, 0.25) is 0 Å². The molecule has 0 bridgehead atoms. The normalized spacial score (nSPS) is 20.3. The second kappa shape index (κ2) is 10.6. The summed E-state index contributed by atoms with van der Waals surface area (Å²) in [6.07, 6.45) is 8.87. The van der Waals surface area contributed by atoms with Gasteiger partial charge < -0.3 is 20.3 Å². The van der Waals surface area contributed by atoms with Crippen molar-refractivity contribution in [2.24, 2.45) is 0 Å². The van der Waals surface area contributed by atoms with Crippen LogP contribution in [0.5, 0.6) is 0 Å². The standard InChI is InChI=1S/C22H33N3O3/c1-25(19-10-3-2-4-11-19)14-7-13-23-21(26)17-8-5-9-18(16-17)24-22(27)20-12-6-15-28-20/h5,8-9,16,19-20H,2-4,6-7,10-15H2,1H3,(H,23,26)(H,24,27). The first kappa shape index (κ1) is 20.8. The lowest BCUT2D eigenvalue weighted by Gasteiger charge is -2.31. The van der Waals surface area contributed by atoms with E-state index in [2.05, 4.69) is 22.6 Å².